The van der Waals surface area contributed by atoms with E-state index in [1.54, 1.807) is 33.4 Å². The van der Waals surface area contributed by atoms with Crippen molar-refractivity contribution in [2.75, 3.05) is 5.32 Å². The number of anilines is 1. The first kappa shape index (κ1) is 22.2. The van der Waals surface area contributed by atoms with Crippen molar-refractivity contribution < 1.29 is 9.59 Å². The van der Waals surface area contributed by atoms with Gasteiger partial charge in [-0.1, -0.05) is 49.2 Å². The Kier molecular flexibility index (Phi) is 5.86. The number of aromatic nitrogens is 2. The molecule has 1 aromatic heterocycles. The molecule has 1 saturated carbocycles. The standard InChI is InChI=1S/C27H30N4O3/c1-18-24(27(34)31(29(18)2)21-14-7-4-8-15-21)28-25(32)23-17-20-13-9-10-16-22(20)30(23)26(33)19-11-5-3-6-12-19/h3-8,11-12,14-15,20,22-23H,9-10,13,16-17H2,1-2H3,(H,28,32). The summed E-state index contributed by atoms with van der Waals surface area (Å²) >= 11 is 0. The van der Waals surface area contributed by atoms with Crippen LogP contribution in [0.2, 0.25) is 0 Å². The number of nitrogens with zero attached hydrogens (tertiary/aromatic N) is 3. The van der Waals surface area contributed by atoms with Crippen molar-refractivity contribution in [3.8, 4) is 5.69 Å². The van der Waals surface area contributed by atoms with E-state index in [9.17, 15) is 14.4 Å². The fourth-order valence-electron chi connectivity index (χ4n) is 5.63. The van der Waals surface area contributed by atoms with Gasteiger partial charge in [0.15, 0.2) is 0 Å². The quantitative estimate of drug-likeness (QED) is 0.644. The minimum Gasteiger partial charge on any atom is -0.323 e. The minimum atomic E-state index is -0.593. The van der Waals surface area contributed by atoms with Crippen molar-refractivity contribution in [3.05, 3.63) is 82.3 Å². The Bertz CT molecular complexity index is 1260. The third-order valence-electron chi connectivity index (χ3n) is 7.45. The van der Waals surface area contributed by atoms with E-state index in [1.807, 2.05) is 55.5 Å². The molecular formula is C27H30N4O3. The van der Waals surface area contributed by atoms with Crippen LogP contribution in [-0.2, 0) is 11.8 Å². The molecule has 3 unspecified atom stereocenters. The highest BCUT2D eigenvalue weighted by Gasteiger charge is 2.47. The molecule has 0 bridgehead atoms. The summed E-state index contributed by atoms with van der Waals surface area (Å²) in [5.74, 6) is -0.0821. The van der Waals surface area contributed by atoms with Gasteiger partial charge in [0.1, 0.15) is 11.7 Å². The fourth-order valence-corrected chi connectivity index (χ4v) is 5.63. The van der Waals surface area contributed by atoms with E-state index < -0.39 is 6.04 Å². The number of hydrogen-bond donors (Lipinski definition) is 1. The molecule has 3 aromatic rings. The number of carbonyl (C=O) groups excluding carboxylic acids is 2. The van der Waals surface area contributed by atoms with E-state index in [-0.39, 0.29) is 29.1 Å². The summed E-state index contributed by atoms with van der Waals surface area (Å²) in [4.78, 5) is 42.2. The highest BCUT2D eigenvalue weighted by molar-refractivity contribution is 6.02. The van der Waals surface area contributed by atoms with Crippen molar-refractivity contribution in [3.63, 3.8) is 0 Å². The molecule has 1 saturated heterocycles. The average Bonchev–Trinajstić information content (AvgIpc) is 3.36. The first-order chi connectivity index (χ1) is 16.5. The van der Waals surface area contributed by atoms with E-state index >= 15 is 0 Å². The highest BCUT2D eigenvalue weighted by atomic mass is 16.2. The van der Waals surface area contributed by atoms with Crippen molar-refractivity contribution in [2.45, 2.75) is 51.1 Å². The van der Waals surface area contributed by atoms with Crippen molar-refractivity contribution in [2.24, 2.45) is 13.0 Å². The molecule has 1 aliphatic heterocycles. The number of fused-ring (bicyclic) bond motifs is 1. The second kappa shape index (κ2) is 8.97. The summed E-state index contributed by atoms with van der Waals surface area (Å²) in [5, 5.41) is 2.91. The van der Waals surface area contributed by atoms with Gasteiger partial charge in [0.2, 0.25) is 5.91 Å². The molecule has 2 fully saturated rings. The molecule has 7 heteroatoms. The number of rotatable bonds is 4. The second-order valence-electron chi connectivity index (χ2n) is 9.37. The predicted molar refractivity (Wildman–Crippen MR) is 131 cm³/mol. The van der Waals surface area contributed by atoms with Crippen LogP contribution >= 0.6 is 0 Å². The zero-order chi connectivity index (χ0) is 23.8. The molecule has 34 heavy (non-hydrogen) atoms. The lowest BCUT2D eigenvalue weighted by atomic mass is 9.84. The Morgan fingerprint density at radius 3 is 2.29 bits per heavy atom. The fraction of sp³-hybridized carbons (Fsp3) is 0.370. The molecule has 0 radical (unpaired) electrons. The zero-order valence-corrected chi connectivity index (χ0v) is 19.6. The Morgan fingerprint density at radius 1 is 0.941 bits per heavy atom. The first-order valence-electron chi connectivity index (χ1n) is 12.0. The van der Waals surface area contributed by atoms with Gasteiger partial charge in [0.05, 0.1) is 11.4 Å². The van der Waals surface area contributed by atoms with Crippen LogP contribution in [0.1, 0.15) is 48.2 Å². The van der Waals surface area contributed by atoms with Gasteiger partial charge in [0.25, 0.3) is 11.5 Å². The van der Waals surface area contributed by atoms with Gasteiger partial charge in [-0.25, -0.2) is 4.68 Å². The number of likely N-dealkylation sites (tertiary alicyclic amines) is 1. The van der Waals surface area contributed by atoms with Crippen LogP contribution in [0.4, 0.5) is 5.69 Å². The van der Waals surface area contributed by atoms with Crippen LogP contribution in [0.15, 0.2) is 65.5 Å². The molecule has 2 heterocycles. The van der Waals surface area contributed by atoms with Crippen LogP contribution < -0.4 is 10.9 Å². The minimum absolute atomic E-state index is 0.0649. The van der Waals surface area contributed by atoms with Gasteiger partial charge in [0, 0.05) is 18.7 Å². The predicted octanol–water partition coefficient (Wildman–Crippen LogP) is 3.90. The lowest BCUT2D eigenvalue weighted by molar-refractivity contribution is -0.120. The van der Waals surface area contributed by atoms with Gasteiger partial charge in [-0.05, 0) is 56.4 Å². The molecule has 2 aliphatic rings. The van der Waals surface area contributed by atoms with Crippen molar-refractivity contribution in [1.29, 1.82) is 0 Å². The van der Waals surface area contributed by atoms with E-state index in [1.165, 1.54) is 0 Å². The molecule has 2 amide bonds. The molecule has 1 N–H and O–H groups in total. The number of carbonyl (C=O) groups is 2. The third kappa shape index (κ3) is 3.75. The first-order valence-corrected chi connectivity index (χ1v) is 12.0. The Hall–Kier alpha value is -3.61. The Labute approximate surface area is 199 Å². The van der Waals surface area contributed by atoms with E-state index in [4.69, 9.17) is 0 Å². The molecular weight excluding hydrogens is 428 g/mol. The average molecular weight is 459 g/mol. The monoisotopic (exact) mass is 458 g/mol. The van der Waals surface area contributed by atoms with Gasteiger partial charge in [-0.2, -0.15) is 0 Å². The Morgan fingerprint density at radius 2 is 1.59 bits per heavy atom. The number of benzene rings is 2. The molecule has 5 rings (SSSR count). The van der Waals surface area contributed by atoms with Gasteiger partial charge < -0.3 is 10.2 Å². The lowest BCUT2D eigenvalue weighted by Crippen LogP contribution is -2.48. The third-order valence-corrected chi connectivity index (χ3v) is 7.45. The van der Waals surface area contributed by atoms with Crippen LogP contribution in [0, 0.1) is 12.8 Å². The van der Waals surface area contributed by atoms with E-state index in [0.717, 1.165) is 31.4 Å². The van der Waals surface area contributed by atoms with Crippen molar-refractivity contribution in [1.82, 2.24) is 14.3 Å². The maximum Gasteiger partial charge on any atom is 0.295 e. The van der Waals surface area contributed by atoms with Crippen LogP contribution in [0.25, 0.3) is 5.69 Å². The second-order valence-corrected chi connectivity index (χ2v) is 9.37. The zero-order valence-electron chi connectivity index (χ0n) is 19.6. The maximum atomic E-state index is 13.6. The summed E-state index contributed by atoms with van der Waals surface area (Å²) in [5.41, 5.74) is 1.97. The number of hydrogen-bond acceptors (Lipinski definition) is 3. The van der Waals surface area contributed by atoms with Crippen LogP contribution in [0.5, 0.6) is 0 Å². The van der Waals surface area contributed by atoms with Gasteiger partial charge >= 0.3 is 0 Å². The van der Waals surface area contributed by atoms with Gasteiger partial charge in [-0.3, -0.25) is 19.1 Å². The molecule has 0 spiro atoms. The number of para-hydroxylation sites is 1. The summed E-state index contributed by atoms with van der Waals surface area (Å²) in [7, 11) is 1.80. The normalized spacial score (nSPS) is 21.8. The summed E-state index contributed by atoms with van der Waals surface area (Å²) < 4.78 is 3.29. The van der Waals surface area contributed by atoms with E-state index in [0.29, 0.717) is 23.6 Å². The van der Waals surface area contributed by atoms with Crippen molar-refractivity contribution >= 4 is 17.5 Å². The number of amides is 2. The van der Waals surface area contributed by atoms with Crippen LogP contribution in [-0.4, -0.2) is 38.2 Å². The molecule has 7 nitrogen and oxygen atoms in total. The molecule has 176 valence electrons. The maximum absolute atomic E-state index is 13.6. The van der Waals surface area contributed by atoms with E-state index in [2.05, 4.69) is 5.32 Å². The largest absolute Gasteiger partial charge is 0.323 e. The van der Waals surface area contributed by atoms with Crippen LogP contribution in [0.3, 0.4) is 0 Å². The molecule has 3 atom stereocenters. The molecule has 1 aliphatic carbocycles. The summed E-state index contributed by atoms with van der Waals surface area (Å²) in [6.45, 7) is 1.82. The molecule has 2 aromatic carbocycles. The highest BCUT2D eigenvalue weighted by Crippen LogP contribution is 2.40. The lowest BCUT2D eigenvalue weighted by Gasteiger charge is -2.33. The Balaban J connectivity index is 1.47. The summed E-state index contributed by atoms with van der Waals surface area (Å²) in [6, 6.07) is 18.0. The summed E-state index contributed by atoms with van der Waals surface area (Å²) in [6.07, 6.45) is 4.76. The topological polar surface area (TPSA) is 76.3 Å². The SMILES string of the molecule is Cc1c(NC(=O)C2CC3CCCCC3N2C(=O)c2ccccc2)c(=O)n(-c2ccccc2)n1C. The van der Waals surface area contributed by atoms with Gasteiger partial charge in [-0.15, -0.1) is 0 Å². The number of nitrogens with one attached hydrogen (secondary N) is 1. The smallest absolute Gasteiger partial charge is 0.295 e.